The number of nitrogens with one attached hydrogen (secondary N) is 1. The first-order valence-electron chi connectivity index (χ1n) is 14.1. The Morgan fingerprint density at radius 2 is 2.05 bits per heavy atom. The predicted molar refractivity (Wildman–Crippen MR) is 159 cm³/mol. The van der Waals surface area contributed by atoms with Crippen LogP contribution in [0.15, 0.2) is 88.2 Å². The first-order valence-corrected chi connectivity index (χ1v) is 14.1. The van der Waals surface area contributed by atoms with Gasteiger partial charge in [-0.15, -0.1) is 0 Å². The van der Waals surface area contributed by atoms with Gasteiger partial charge in [0, 0.05) is 54.4 Å². The number of nitrogens with zero attached hydrogens (tertiary/aromatic N) is 4. The van der Waals surface area contributed by atoms with E-state index in [1.807, 2.05) is 24.5 Å². The van der Waals surface area contributed by atoms with Gasteiger partial charge in [0.05, 0.1) is 5.57 Å². The lowest BCUT2D eigenvalue weighted by Gasteiger charge is -2.20. The van der Waals surface area contributed by atoms with E-state index in [1.54, 1.807) is 12.4 Å². The van der Waals surface area contributed by atoms with E-state index < -0.39 is 0 Å². The van der Waals surface area contributed by atoms with Crippen LogP contribution < -0.4 is 0 Å². The van der Waals surface area contributed by atoms with E-state index in [1.165, 1.54) is 42.6 Å². The zero-order chi connectivity index (χ0) is 26.4. The van der Waals surface area contributed by atoms with Crippen LogP contribution in [-0.2, 0) is 11.2 Å². The molecule has 198 valence electrons. The number of H-pyrrole nitrogens is 1. The topological polar surface area (TPSA) is 73.7 Å². The molecule has 1 amide bonds. The van der Waals surface area contributed by atoms with Crippen molar-refractivity contribution in [1.82, 2.24) is 14.9 Å². The number of carbonyl (C=O) groups excluding carboxylic acids is 1. The maximum Gasteiger partial charge on any atom is 0.278 e. The van der Waals surface area contributed by atoms with Gasteiger partial charge in [-0.3, -0.25) is 14.7 Å². The molecule has 6 rings (SSSR count). The van der Waals surface area contributed by atoms with Crippen LogP contribution in [0.2, 0.25) is 0 Å². The molecule has 1 aliphatic carbocycles. The summed E-state index contributed by atoms with van der Waals surface area (Å²) in [4.78, 5) is 32.3. The van der Waals surface area contributed by atoms with E-state index in [0.29, 0.717) is 5.57 Å². The second-order valence-electron chi connectivity index (χ2n) is 10.8. The van der Waals surface area contributed by atoms with E-state index in [2.05, 4.69) is 67.3 Å². The summed E-state index contributed by atoms with van der Waals surface area (Å²) in [5, 5.41) is 0.968. The molecule has 6 nitrogen and oxygen atoms in total. The molecule has 2 aromatic heterocycles. The van der Waals surface area contributed by atoms with Crippen LogP contribution in [0.5, 0.6) is 0 Å². The maximum atomic E-state index is 13.1. The van der Waals surface area contributed by atoms with E-state index in [4.69, 9.17) is 0 Å². The average molecular weight is 518 g/mol. The smallest absolute Gasteiger partial charge is 0.278 e. The zero-order valence-corrected chi connectivity index (χ0v) is 22.4. The van der Waals surface area contributed by atoms with Crippen LogP contribution in [0.25, 0.3) is 16.6 Å². The van der Waals surface area contributed by atoms with E-state index in [0.717, 1.165) is 60.9 Å². The van der Waals surface area contributed by atoms with Gasteiger partial charge in [-0.1, -0.05) is 54.1 Å². The third-order valence-corrected chi connectivity index (χ3v) is 7.89. The number of fused-ring (bicyclic) bond motifs is 1. The molecule has 39 heavy (non-hydrogen) atoms. The molecule has 0 saturated carbocycles. The Labute approximate surface area is 230 Å². The molecule has 4 heterocycles. The number of hydrogen-bond acceptors (Lipinski definition) is 4. The molecule has 3 aliphatic rings. The van der Waals surface area contributed by atoms with E-state index in [9.17, 15) is 4.79 Å². The molecule has 1 fully saturated rings. The first kappa shape index (κ1) is 25.4. The molecule has 0 radical (unpaired) electrons. The van der Waals surface area contributed by atoms with Crippen LogP contribution in [-0.4, -0.2) is 59.4 Å². The number of aromatic amines is 1. The number of benzene rings is 1. The monoisotopic (exact) mass is 517 g/mol. The van der Waals surface area contributed by atoms with Crippen molar-refractivity contribution in [2.24, 2.45) is 15.9 Å². The third-order valence-electron chi connectivity index (χ3n) is 7.89. The van der Waals surface area contributed by atoms with Gasteiger partial charge >= 0.3 is 0 Å². The minimum atomic E-state index is -0.262. The molecule has 1 saturated heterocycles. The highest BCUT2D eigenvalue weighted by Crippen LogP contribution is 2.28. The molecule has 0 spiro atoms. The van der Waals surface area contributed by atoms with Crippen molar-refractivity contribution in [3.8, 4) is 0 Å². The molecule has 1 atom stereocenters. The average Bonchev–Trinajstić information content (AvgIpc) is 3.57. The van der Waals surface area contributed by atoms with Crippen molar-refractivity contribution in [3.05, 3.63) is 94.9 Å². The van der Waals surface area contributed by atoms with Crippen LogP contribution >= 0.6 is 0 Å². The minimum absolute atomic E-state index is 0.260. The fourth-order valence-electron chi connectivity index (χ4n) is 5.80. The van der Waals surface area contributed by atoms with E-state index >= 15 is 0 Å². The molecule has 3 aromatic rings. The van der Waals surface area contributed by atoms with Crippen LogP contribution in [0.4, 0.5) is 0 Å². The Hall–Kier alpha value is -3.90. The van der Waals surface area contributed by atoms with Crippen molar-refractivity contribution < 1.29 is 4.79 Å². The Morgan fingerprint density at radius 1 is 1.18 bits per heavy atom. The lowest BCUT2D eigenvalue weighted by molar-refractivity contribution is -0.113. The standard InChI is InChI=1S/C33H35N5O/c39-33(29-16-25(11-12-34-19-29)15-24-7-2-1-3-8-24)37-22-30-21-36-32-31(30)18-28(20-35-32)27-10-6-9-26(17-27)23-38-13-4-5-14-38/h1-3,7-8,10,16-22,25H,4-6,9,11-15,23H2,(H,35,36). The number of carbonyl (C=O) groups is 1. The summed E-state index contributed by atoms with van der Waals surface area (Å²) in [6.07, 6.45) is 20.5. The third kappa shape index (κ3) is 6.23. The van der Waals surface area contributed by atoms with Gasteiger partial charge < -0.3 is 4.98 Å². The number of pyridine rings is 1. The van der Waals surface area contributed by atoms with Crippen molar-refractivity contribution in [1.29, 1.82) is 0 Å². The summed E-state index contributed by atoms with van der Waals surface area (Å²) < 4.78 is 0. The minimum Gasteiger partial charge on any atom is -0.345 e. The molecule has 2 aliphatic heterocycles. The van der Waals surface area contributed by atoms with Gasteiger partial charge in [0.25, 0.3) is 5.91 Å². The quantitative estimate of drug-likeness (QED) is 0.393. The van der Waals surface area contributed by atoms with Gasteiger partial charge in [-0.25, -0.2) is 9.98 Å². The number of aliphatic imine (C=N–C) groups is 2. The molecular weight excluding hydrogens is 482 g/mol. The van der Waals surface area contributed by atoms with Crippen molar-refractivity contribution >= 4 is 34.9 Å². The highest BCUT2D eigenvalue weighted by atomic mass is 16.1. The summed E-state index contributed by atoms with van der Waals surface area (Å²) in [6.45, 7) is 4.22. The van der Waals surface area contributed by atoms with Crippen molar-refractivity contribution in [2.75, 3.05) is 26.2 Å². The largest absolute Gasteiger partial charge is 0.345 e. The van der Waals surface area contributed by atoms with Crippen LogP contribution in [0.3, 0.4) is 0 Å². The molecule has 0 bridgehead atoms. The van der Waals surface area contributed by atoms with Gasteiger partial charge in [0.2, 0.25) is 0 Å². The van der Waals surface area contributed by atoms with Gasteiger partial charge in [-0.2, -0.15) is 0 Å². The summed E-state index contributed by atoms with van der Waals surface area (Å²) in [6, 6.07) is 12.6. The first-order chi connectivity index (χ1) is 19.2. The maximum absolute atomic E-state index is 13.1. The van der Waals surface area contributed by atoms with Crippen LogP contribution in [0.1, 0.15) is 48.8 Å². The molecule has 1 aromatic carbocycles. The van der Waals surface area contributed by atoms with Crippen molar-refractivity contribution in [2.45, 2.75) is 38.5 Å². The highest BCUT2D eigenvalue weighted by Gasteiger charge is 2.17. The number of allylic oxidation sites excluding steroid dienone is 4. The Bertz CT molecular complexity index is 1480. The van der Waals surface area contributed by atoms with E-state index in [-0.39, 0.29) is 11.8 Å². The predicted octanol–water partition coefficient (Wildman–Crippen LogP) is 5.97. The molecule has 1 N–H and O–H groups in total. The summed E-state index contributed by atoms with van der Waals surface area (Å²) >= 11 is 0. The van der Waals surface area contributed by atoms with Gasteiger partial charge in [0.15, 0.2) is 0 Å². The molecule has 6 heteroatoms. The fourth-order valence-corrected chi connectivity index (χ4v) is 5.80. The second-order valence-corrected chi connectivity index (χ2v) is 10.8. The lowest BCUT2D eigenvalue weighted by Crippen LogP contribution is -2.22. The zero-order valence-electron chi connectivity index (χ0n) is 22.4. The Kier molecular flexibility index (Phi) is 7.73. The molecule has 1 unspecified atom stereocenters. The SMILES string of the molecule is O=C(N=Cc1c[nH]c2ncc(C3=CCCC(CN4CCCC4)=C3)cc12)C1=CC(Cc2ccccc2)CCN=C1. The number of amides is 1. The summed E-state index contributed by atoms with van der Waals surface area (Å²) in [5.41, 5.74) is 7.31. The second kappa shape index (κ2) is 11.9. The number of rotatable bonds is 7. The summed E-state index contributed by atoms with van der Waals surface area (Å²) in [7, 11) is 0. The lowest BCUT2D eigenvalue weighted by atomic mass is 9.94. The number of aromatic nitrogens is 2. The normalized spacial score (nSPS) is 20.2. The van der Waals surface area contributed by atoms with Crippen LogP contribution in [0, 0.1) is 5.92 Å². The fraction of sp³-hybridized carbons (Fsp3) is 0.333. The number of likely N-dealkylation sites (tertiary alicyclic amines) is 1. The van der Waals surface area contributed by atoms with Crippen molar-refractivity contribution in [3.63, 3.8) is 0 Å². The Morgan fingerprint density at radius 3 is 2.92 bits per heavy atom. The highest BCUT2D eigenvalue weighted by molar-refractivity contribution is 6.16. The summed E-state index contributed by atoms with van der Waals surface area (Å²) in [5.74, 6) is -0.00210. The number of hydrogen-bond donors (Lipinski definition) is 1. The molecular formula is C33H35N5O. The Balaban J connectivity index is 1.19. The van der Waals surface area contributed by atoms with Gasteiger partial charge in [0.1, 0.15) is 5.65 Å². The van der Waals surface area contributed by atoms with Gasteiger partial charge in [-0.05, 0) is 74.7 Å².